The van der Waals surface area contributed by atoms with Crippen LogP contribution in [0, 0.1) is 10.1 Å². The number of nitrogens with one attached hydrogen (secondary N) is 2. The van der Waals surface area contributed by atoms with Gasteiger partial charge in [-0.05, 0) is 29.8 Å². The summed E-state index contributed by atoms with van der Waals surface area (Å²) in [5.74, 6) is 0. The highest BCUT2D eigenvalue weighted by molar-refractivity contribution is 5.89. The molecule has 2 aromatic carbocycles. The lowest BCUT2D eigenvalue weighted by atomic mass is 10.1. The second-order valence-corrected chi connectivity index (χ2v) is 4.83. The van der Waals surface area contributed by atoms with Crippen LogP contribution in [0.25, 0.3) is 23.1 Å². The molecule has 6 heteroatoms. The zero-order valence-corrected chi connectivity index (χ0v) is 11.6. The molecule has 1 aromatic heterocycles. The maximum absolute atomic E-state index is 11.6. The molecule has 0 spiro atoms. The van der Waals surface area contributed by atoms with Crippen molar-refractivity contribution in [3.63, 3.8) is 0 Å². The Hall–Kier alpha value is -2.80. The summed E-state index contributed by atoms with van der Waals surface area (Å²) in [5.41, 5.74) is 2.64. The molecule has 0 aliphatic rings. The quantitative estimate of drug-likeness (QED) is 0.507. The molecule has 1 unspecified atom stereocenters. The van der Waals surface area contributed by atoms with E-state index in [1.54, 1.807) is 24.3 Å². The van der Waals surface area contributed by atoms with Crippen molar-refractivity contribution < 1.29 is 15.0 Å². The molecule has 22 heavy (non-hydrogen) atoms. The lowest BCUT2D eigenvalue weighted by Gasteiger charge is -2.10. The van der Waals surface area contributed by atoms with E-state index in [0.29, 0.717) is 4.54 Å². The Balaban J connectivity index is 1.97. The summed E-state index contributed by atoms with van der Waals surface area (Å²) in [5, 5.41) is 22.4. The smallest absolute Gasteiger partial charge is 0.265 e. The van der Waals surface area contributed by atoms with Crippen LogP contribution in [0.15, 0.2) is 54.7 Å². The molecule has 0 amide bonds. The predicted molar refractivity (Wildman–Crippen MR) is 82.8 cm³/mol. The highest BCUT2D eigenvalue weighted by Crippen LogP contribution is 2.17. The molecule has 0 aliphatic carbocycles. The first-order valence-electron chi connectivity index (χ1n) is 6.69. The second kappa shape index (κ2) is 5.90. The van der Waals surface area contributed by atoms with E-state index in [2.05, 4.69) is 5.10 Å². The Morgan fingerprint density at radius 1 is 1.09 bits per heavy atom. The van der Waals surface area contributed by atoms with Gasteiger partial charge in [-0.25, -0.2) is 5.21 Å². The number of benzene rings is 2. The molecule has 0 fully saturated rings. The first kappa shape index (κ1) is 14.2. The van der Waals surface area contributed by atoms with E-state index in [9.17, 15) is 10.1 Å². The largest absolute Gasteiger partial charge is 0.595 e. The van der Waals surface area contributed by atoms with Gasteiger partial charge in [0.05, 0.1) is 10.5 Å². The zero-order valence-electron chi connectivity index (χ0n) is 11.6. The van der Waals surface area contributed by atoms with Crippen molar-refractivity contribution in [2.24, 2.45) is 0 Å². The van der Waals surface area contributed by atoms with Gasteiger partial charge in [0.15, 0.2) is 10.2 Å². The number of aromatic nitrogens is 2. The van der Waals surface area contributed by atoms with Crippen LogP contribution in [0.2, 0.25) is 0 Å². The number of fused-ring (bicyclic) bond motifs is 1. The maximum atomic E-state index is 11.6. The molecule has 1 atom stereocenters. The van der Waals surface area contributed by atoms with E-state index in [4.69, 9.17) is 5.21 Å². The standard InChI is InChI=1S/C16H14N3O3/c20-18-11-13(15-3-1-2-4-16(15)17-18)8-5-12-6-9-14(10-7-12)19(21)22/h1-11,19,21H,(H,17,20)/q+1/b8-5+. The molecule has 6 nitrogen and oxygen atoms in total. The van der Waals surface area contributed by atoms with Gasteiger partial charge in [0.25, 0.3) is 6.20 Å². The van der Waals surface area contributed by atoms with Crippen LogP contribution in [0.1, 0.15) is 11.1 Å². The van der Waals surface area contributed by atoms with Gasteiger partial charge >= 0.3 is 0 Å². The fourth-order valence-corrected chi connectivity index (χ4v) is 2.23. The van der Waals surface area contributed by atoms with Crippen molar-refractivity contribution in [3.8, 4) is 0 Å². The third-order valence-corrected chi connectivity index (χ3v) is 3.34. The minimum atomic E-state index is -0.951. The summed E-state index contributed by atoms with van der Waals surface area (Å²) >= 11 is 0. The van der Waals surface area contributed by atoms with Crippen LogP contribution in [-0.4, -0.2) is 10.3 Å². The Labute approximate surface area is 125 Å². The first-order valence-corrected chi connectivity index (χ1v) is 6.69. The molecule has 0 saturated carbocycles. The van der Waals surface area contributed by atoms with Gasteiger partial charge in [0.1, 0.15) is 5.52 Å². The predicted octanol–water partition coefficient (Wildman–Crippen LogP) is 1.66. The number of aromatic amines is 1. The normalized spacial score (nSPS) is 12.8. The Morgan fingerprint density at radius 3 is 2.55 bits per heavy atom. The van der Waals surface area contributed by atoms with E-state index in [0.717, 1.165) is 22.0 Å². The lowest BCUT2D eigenvalue weighted by molar-refractivity contribution is -0.991. The summed E-state index contributed by atoms with van der Waals surface area (Å²) in [7, 11) is 0. The van der Waals surface area contributed by atoms with E-state index in [-0.39, 0.29) is 5.69 Å². The van der Waals surface area contributed by atoms with E-state index >= 15 is 0 Å². The molecule has 3 N–H and O–H groups in total. The van der Waals surface area contributed by atoms with Gasteiger partial charge in [-0.3, -0.25) is 0 Å². The molecular weight excluding hydrogens is 282 g/mol. The lowest BCUT2D eigenvalue weighted by Crippen LogP contribution is -2.99. The summed E-state index contributed by atoms with van der Waals surface area (Å²) in [6.45, 7) is 0. The fourth-order valence-electron chi connectivity index (χ4n) is 2.23. The van der Waals surface area contributed by atoms with E-state index in [1.807, 2.05) is 36.4 Å². The number of para-hydroxylation sites is 1. The molecule has 0 bridgehead atoms. The van der Waals surface area contributed by atoms with Crippen LogP contribution < -0.4 is 9.77 Å². The van der Waals surface area contributed by atoms with E-state index in [1.165, 1.54) is 6.20 Å². The van der Waals surface area contributed by atoms with Crippen LogP contribution in [0.4, 0.5) is 5.69 Å². The molecule has 0 radical (unpaired) electrons. The van der Waals surface area contributed by atoms with Crippen molar-refractivity contribution in [1.82, 2.24) is 5.10 Å². The zero-order chi connectivity index (χ0) is 15.5. The van der Waals surface area contributed by atoms with Crippen LogP contribution in [0.3, 0.4) is 0 Å². The number of quaternary nitrogens is 1. The van der Waals surface area contributed by atoms with Gasteiger partial charge < -0.3 is 5.21 Å². The summed E-state index contributed by atoms with van der Waals surface area (Å²) < 4.78 is 0.662. The van der Waals surface area contributed by atoms with Crippen LogP contribution in [0.5, 0.6) is 0 Å². The summed E-state index contributed by atoms with van der Waals surface area (Å²) in [6, 6.07) is 14.1. The third-order valence-electron chi connectivity index (χ3n) is 3.34. The topological polar surface area (TPSA) is 86.5 Å². The van der Waals surface area contributed by atoms with E-state index < -0.39 is 5.23 Å². The minimum Gasteiger partial charge on any atom is -0.595 e. The Morgan fingerprint density at radius 2 is 1.82 bits per heavy atom. The van der Waals surface area contributed by atoms with Gasteiger partial charge in [-0.1, -0.05) is 24.3 Å². The van der Waals surface area contributed by atoms with Crippen molar-refractivity contribution in [3.05, 3.63) is 76.0 Å². The van der Waals surface area contributed by atoms with Crippen molar-refractivity contribution >= 4 is 28.7 Å². The highest BCUT2D eigenvalue weighted by atomic mass is 16.8. The van der Waals surface area contributed by atoms with Crippen molar-refractivity contribution in [2.75, 3.05) is 0 Å². The third kappa shape index (κ3) is 2.94. The molecule has 0 aliphatic heterocycles. The minimum absolute atomic E-state index is 0.245. The monoisotopic (exact) mass is 296 g/mol. The number of H-pyrrole nitrogens is 1. The van der Waals surface area contributed by atoms with Gasteiger partial charge in [0.2, 0.25) is 0 Å². The average Bonchev–Trinajstić information content (AvgIpc) is 2.52. The SMILES string of the molecule is O=[n+]1cc(/C=C/c2ccc([NH+]([O-])O)cc2)c2ccccc2[nH]1. The van der Waals surface area contributed by atoms with Gasteiger partial charge in [-0.2, -0.15) is 5.23 Å². The number of rotatable bonds is 3. The molecule has 110 valence electrons. The molecule has 3 rings (SSSR count). The number of hydrogen-bond donors (Lipinski definition) is 3. The maximum Gasteiger partial charge on any atom is 0.265 e. The Kier molecular flexibility index (Phi) is 3.80. The second-order valence-electron chi connectivity index (χ2n) is 4.83. The molecule has 1 heterocycles. The fraction of sp³-hybridized carbons (Fsp3) is 0. The molecule has 0 saturated heterocycles. The number of nitrogens with zero attached hydrogens (tertiary/aromatic N) is 1. The van der Waals surface area contributed by atoms with Crippen molar-refractivity contribution in [1.29, 1.82) is 0 Å². The number of hydrogen-bond acceptors (Lipinski definition) is 3. The summed E-state index contributed by atoms with van der Waals surface area (Å²) in [6.07, 6.45) is 5.14. The van der Waals surface area contributed by atoms with Crippen molar-refractivity contribution in [2.45, 2.75) is 0 Å². The van der Waals surface area contributed by atoms with Crippen LogP contribution in [-0.2, 0) is 0 Å². The first-order chi connectivity index (χ1) is 10.6. The van der Waals surface area contributed by atoms with Gasteiger partial charge in [-0.15, -0.1) is 5.10 Å². The van der Waals surface area contributed by atoms with Gasteiger partial charge in [0, 0.05) is 17.5 Å². The molecular formula is C16H14N3O3+. The molecule has 3 aromatic rings. The average molecular weight is 296 g/mol. The summed E-state index contributed by atoms with van der Waals surface area (Å²) in [4.78, 5) is 11.6. The van der Waals surface area contributed by atoms with Crippen LogP contribution >= 0.6 is 0 Å². The highest BCUT2D eigenvalue weighted by Gasteiger charge is 2.05. The Bertz CT molecular complexity index is 883.